The van der Waals surface area contributed by atoms with Crippen LogP contribution < -0.4 is 4.72 Å². The Morgan fingerprint density at radius 3 is 2.50 bits per heavy atom. The van der Waals surface area contributed by atoms with Crippen LogP contribution in [0, 0.1) is 0 Å². The Bertz CT molecular complexity index is 278. The van der Waals surface area contributed by atoms with Gasteiger partial charge in [-0.3, -0.25) is 0 Å². The molecule has 0 aromatic rings. The molecule has 0 saturated heterocycles. The molecule has 0 aromatic heterocycles. The molecule has 0 saturated carbocycles. The Balaban J connectivity index is 4.03. The van der Waals surface area contributed by atoms with Crippen molar-refractivity contribution in [1.82, 2.24) is 4.72 Å². The second kappa shape index (κ2) is 6.16. The molecule has 14 heavy (non-hydrogen) atoms. The van der Waals surface area contributed by atoms with Crippen molar-refractivity contribution >= 4 is 10.0 Å². The molecule has 5 heteroatoms. The van der Waals surface area contributed by atoms with Crippen LogP contribution in [0.5, 0.6) is 0 Å². The molecule has 1 N–H and O–H groups in total. The summed E-state index contributed by atoms with van der Waals surface area (Å²) in [5.41, 5.74) is 1.09. The normalized spacial score (nSPS) is 13.7. The first kappa shape index (κ1) is 13.6. The van der Waals surface area contributed by atoms with Crippen LogP contribution in [0.15, 0.2) is 11.6 Å². The first-order valence-electron chi connectivity index (χ1n) is 4.51. The van der Waals surface area contributed by atoms with Crippen LogP contribution in [0.25, 0.3) is 0 Å². The number of methoxy groups -OCH3 is 1. The van der Waals surface area contributed by atoms with Crippen molar-refractivity contribution in [3.05, 3.63) is 11.6 Å². The molecule has 0 spiro atoms. The molecule has 84 valence electrons. The van der Waals surface area contributed by atoms with Crippen LogP contribution in [0.3, 0.4) is 0 Å². The van der Waals surface area contributed by atoms with Gasteiger partial charge in [0.05, 0.1) is 11.9 Å². The van der Waals surface area contributed by atoms with Crippen LogP contribution in [0.1, 0.15) is 20.8 Å². The van der Waals surface area contributed by atoms with Crippen molar-refractivity contribution in [1.29, 1.82) is 0 Å². The van der Waals surface area contributed by atoms with Crippen molar-refractivity contribution in [3.63, 3.8) is 0 Å². The van der Waals surface area contributed by atoms with Gasteiger partial charge in [-0.2, -0.15) is 0 Å². The third-order valence-electron chi connectivity index (χ3n) is 1.67. The SMILES string of the molecule is COC(C)CS(=O)(=O)NCC=C(C)C. The quantitative estimate of drug-likeness (QED) is 0.678. The fourth-order valence-electron chi connectivity index (χ4n) is 0.809. The van der Waals surface area contributed by atoms with Gasteiger partial charge < -0.3 is 4.74 Å². The number of nitrogens with one attached hydrogen (secondary N) is 1. The Hall–Kier alpha value is -0.390. The zero-order valence-electron chi connectivity index (χ0n) is 9.20. The third kappa shape index (κ3) is 7.06. The summed E-state index contributed by atoms with van der Waals surface area (Å²) in [5, 5.41) is 0. The van der Waals surface area contributed by atoms with Crippen molar-refractivity contribution < 1.29 is 13.2 Å². The molecular formula is C9H19NO3S. The highest BCUT2D eigenvalue weighted by molar-refractivity contribution is 7.89. The number of hydrogen-bond acceptors (Lipinski definition) is 3. The van der Waals surface area contributed by atoms with Gasteiger partial charge in [-0.25, -0.2) is 13.1 Å². The lowest BCUT2D eigenvalue weighted by molar-refractivity contribution is 0.136. The van der Waals surface area contributed by atoms with E-state index in [1.807, 2.05) is 19.9 Å². The molecule has 0 fully saturated rings. The molecule has 0 rings (SSSR count). The Kier molecular flexibility index (Phi) is 5.99. The molecule has 0 aliphatic rings. The summed E-state index contributed by atoms with van der Waals surface area (Å²) >= 11 is 0. The molecular weight excluding hydrogens is 202 g/mol. The molecule has 0 aliphatic heterocycles. The average molecular weight is 221 g/mol. The number of hydrogen-bond donors (Lipinski definition) is 1. The predicted octanol–water partition coefficient (Wildman–Crippen LogP) is 0.907. The average Bonchev–Trinajstić information content (AvgIpc) is 2.02. The Morgan fingerprint density at radius 2 is 2.07 bits per heavy atom. The minimum Gasteiger partial charge on any atom is -0.381 e. The standard InChI is InChI=1S/C9H19NO3S/c1-8(2)5-6-10-14(11,12)7-9(3)13-4/h5,9-10H,6-7H2,1-4H3. The molecule has 0 radical (unpaired) electrons. The zero-order chi connectivity index (χ0) is 11.2. The van der Waals surface area contributed by atoms with E-state index in [2.05, 4.69) is 4.72 Å². The van der Waals surface area contributed by atoms with Crippen molar-refractivity contribution in [2.75, 3.05) is 19.4 Å². The van der Waals surface area contributed by atoms with Gasteiger partial charge in [-0.05, 0) is 20.8 Å². The Morgan fingerprint density at radius 1 is 1.50 bits per heavy atom. The van der Waals surface area contributed by atoms with E-state index >= 15 is 0 Å². The lowest BCUT2D eigenvalue weighted by atomic mass is 10.3. The molecule has 0 heterocycles. The maximum atomic E-state index is 11.4. The molecule has 1 unspecified atom stereocenters. The molecule has 0 aromatic carbocycles. The van der Waals surface area contributed by atoms with Crippen molar-refractivity contribution in [2.45, 2.75) is 26.9 Å². The van der Waals surface area contributed by atoms with E-state index in [0.29, 0.717) is 6.54 Å². The zero-order valence-corrected chi connectivity index (χ0v) is 10.0. The summed E-state index contributed by atoms with van der Waals surface area (Å²) in [5.74, 6) is 0.000101. The Labute approximate surface area is 86.4 Å². The second-order valence-electron chi connectivity index (χ2n) is 3.46. The van der Waals surface area contributed by atoms with E-state index in [0.717, 1.165) is 5.57 Å². The highest BCUT2D eigenvalue weighted by Crippen LogP contribution is 1.94. The van der Waals surface area contributed by atoms with Crippen LogP contribution >= 0.6 is 0 Å². The lowest BCUT2D eigenvalue weighted by Gasteiger charge is -2.10. The van der Waals surface area contributed by atoms with Gasteiger partial charge in [0, 0.05) is 13.7 Å². The van der Waals surface area contributed by atoms with Crippen molar-refractivity contribution in [3.8, 4) is 0 Å². The van der Waals surface area contributed by atoms with Gasteiger partial charge in [-0.15, -0.1) is 0 Å². The van der Waals surface area contributed by atoms with Gasteiger partial charge in [0.15, 0.2) is 0 Å². The van der Waals surface area contributed by atoms with Crippen LogP contribution in [0.2, 0.25) is 0 Å². The van der Waals surface area contributed by atoms with E-state index in [9.17, 15) is 8.42 Å². The molecule has 0 aliphatic carbocycles. The van der Waals surface area contributed by atoms with Crippen LogP contribution in [-0.4, -0.2) is 33.9 Å². The number of rotatable bonds is 6. The van der Waals surface area contributed by atoms with E-state index in [1.54, 1.807) is 6.92 Å². The fourth-order valence-corrected chi connectivity index (χ4v) is 2.02. The van der Waals surface area contributed by atoms with E-state index in [1.165, 1.54) is 7.11 Å². The molecule has 4 nitrogen and oxygen atoms in total. The topological polar surface area (TPSA) is 55.4 Å². The first-order valence-corrected chi connectivity index (χ1v) is 6.16. The third-order valence-corrected chi connectivity index (χ3v) is 3.18. The van der Waals surface area contributed by atoms with Gasteiger partial charge in [0.1, 0.15) is 0 Å². The largest absolute Gasteiger partial charge is 0.381 e. The molecule has 0 bridgehead atoms. The highest BCUT2D eigenvalue weighted by Gasteiger charge is 2.13. The molecule has 0 amide bonds. The van der Waals surface area contributed by atoms with Gasteiger partial charge in [0.25, 0.3) is 0 Å². The van der Waals surface area contributed by atoms with Crippen LogP contribution in [-0.2, 0) is 14.8 Å². The fraction of sp³-hybridized carbons (Fsp3) is 0.778. The maximum Gasteiger partial charge on any atom is 0.214 e. The van der Waals surface area contributed by atoms with E-state index in [4.69, 9.17) is 4.74 Å². The first-order chi connectivity index (χ1) is 6.37. The lowest BCUT2D eigenvalue weighted by Crippen LogP contribution is -2.31. The van der Waals surface area contributed by atoms with Gasteiger partial charge >= 0.3 is 0 Å². The summed E-state index contributed by atoms with van der Waals surface area (Å²) in [6, 6.07) is 0. The number of allylic oxidation sites excluding steroid dienone is 1. The van der Waals surface area contributed by atoms with E-state index in [-0.39, 0.29) is 11.9 Å². The molecule has 1 atom stereocenters. The number of ether oxygens (including phenoxy) is 1. The second-order valence-corrected chi connectivity index (χ2v) is 5.31. The summed E-state index contributed by atoms with van der Waals surface area (Å²) in [6.45, 7) is 5.92. The van der Waals surface area contributed by atoms with E-state index < -0.39 is 10.0 Å². The van der Waals surface area contributed by atoms with Crippen molar-refractivity contribution in [2.24, 2.45) is 0 Å². The highest BCUT2D eigenvalue weighted by atomic mass is 32.2. The number of sulfonamides is 1. The maximum absolute atomic E-state index is 11.4. The van der Waals surface area contributed by atoms with Crippen LogP contribution in [0.4, 0.5) is 0 Å². The summed E-state index contributed by atoms with van der Waals surface area (Å²) in [4.78, 5) is 0. The smallest absolute Gasteiger partial charge is 0.214 e. The summed E-state index contributed by atoms with van der Waals surface area (Å²) < 4.78 is 30.1. The summed E-state index contributed by atoms with van der Waals surface area (Å²) in [7, 11) is -1.71. The van der Waals surface area contributed by atoms with Gasteiger partial charge in [0.2, 0.25) is 10.0 Å². The minimum atomic E-state index is -3.21. The monoisotopic (exact) mass is 221 g/mol. The predicted molar refractivity (Wildman–Crippen MR) is 57.7 cm³/mol. The summed E-state index contributed by atoms with van der Waals surface area (Å²) in [6.07, 6.45) is 1.55. The minimum absolute atomic E-state index is 0.000101. The van der Waals surface area contributed by atoms with Gasteiger partial charge in [-0.1, -0.05) is 11.6 Å².